The molecule has 0 radical (unpaired) electrons. The number of hydrogen-bond acceptors (Lipinski definition) is 6. The lowest BCUT2D eigenvalue weighted by molar-refractivity contribution is -0.155. The Hall–Kier alpha value is -2.19. The summed E-state index contributed by atoms with van der Waals surface area (Å²) in [6.45, 7) is 7.20. The minimum atomic E-state index is -1.19. The summed E-state index contributed by atoms with van der Waals surface area (Å²) in [6, 6.07) is -0.819. The number of likely N-dealkylation sites (tertiary alicyclic amines) is 1. The van der Waals surface area contributed by atoms with Crippen LogP contribution >= 0.6 is 0 Å². The zero-order valence-electron chi connectivity index (χ0n) is 19.9. The quantitative estimate of drug-likeness (QED) is 0.369. The summed E-state index contributed by atoms with van der Waals surface area (Å²) in [4.78, 5) is 44.2. The molecular weight excluding hydrogens is 424 g/mol. The molecule has 0 aromatic carbocycles. The highest BCUT2D eigenvalue weighted by atomic mass is 16.6. The van der Waals surface area contributed by atoms with E-state index in [1.165, 1.54) is 0 Å². The third-order valence-electron chi connectivity index (χ3n) is 7.24. The van der Waals surface area contributed by atoms with Crippen molar-refractivity contribution in [3.05, 3.63) is 24.3 Å². The van der Waals surface area contributed by atoms with E-state index < -0.39 is 41.1 Å². The molecule has 0 aromatic rings. The molecule has 2 fully saturated rings. The molecule has 0 aliphatic carbocycles. The van der Waals surface area contributed by atoms with Crippen LogP contribution in [0.25, 0.3) is 0 Å². The van der Waals surface area contributed by atoms with Gasteiger partial charge in [-0.2, -0.15) is 0 Å². The molecule has 8 heteroatoms. The number of aliphatic hydroxyl groups excluding tert-OH is 1. The predicted octanol–water partition coefficient (Wildman–Crippen LogP) is 1.82. The average Bonchev–Trinajstić information content (AvgIpc) is 3.10. The number of ether oxygens (including phenoxy) is 2. The van der Waals surface area contributed by atoms with Gasteiger partial charge in [0.05, 0.1) is 18.6 Å². The number of hydrogen-bond donors (Lipinski definition) is 1. The van der Waals surface area contributed by atoms with E-state index in [1.54, 1.807) is 9.80 Å². The Morgan fingerprint density at radius 2 is 1.85 bits per heavy atom. The third-order valence-corrected chi connectivity index (χ3v) is 7.24. The maximum absolute atomic E-state index is 14.0. The molecular formula is C25H36N2O6. The molecule has 1 unspecified atom stereocenters. The van der Waals surface area contributed by atoms with Gasteiger partial charge < -0.3 is 24.4 Å². The van der Waals surface area contributed by atoms with Gasteiger partial charge in [-0.25, -0.2) is 0 Å². The van der Waals surface area contributed by atoms with E-state index in [-0.39, 0.29) is 25.0 Å². The average molecular weight is 461 g/mol. The van der Waals surface area contributed by atoms with Crippen LogP contribution < -0.4 is 0 Å². The van der Waals surface area contributed by atoms with Gasteiger partial charge in [-0.05, 0) is 40.0 Å². The molecule has 2 saturated heterocycles. The van der Waals surface area contributed by atoms with E-state index in [2.05, 4.69) is 0 Å². The lowest BCUT2D eigenvalue weighted by Gasteiger charge is -2.40. The first-order chi connectivity index (χ1) is 15.7. The zero-order valence-corrected chi connectivity index (χ0v) is 19.9. The summed E-state index contributed by atoms with van der Waals surface area (Å²) in [5.41, 5.74) is -1.62. The fraction of sp³-hybridized carbons (Fsp3) is 0.720. The van der Waals surface area contributed by atoms with Crippen LogP contribution in [0.1, 0.15) is 52.9 Å². The number of unbranched alkanes of at least 4 members (excludes halogenated alkanes) is 3. The topological polar surface area (TPSA) is 96.4 Å². The van der Waals surface area contributed by atoms with Gasteiger partial charge in [-0.3, -0.25) is 14.4 Å². The molecule has 1 spiro atoms. The standard InChI is InChI=1S/C25H36N2O6/c1-24(2,3)27-14-10-12-25-19(18-17(33-25)11-6-9-16-32-23(18)31)21(29)26(20(25)22(27)30)13-7-4-5-8-15-28/h6,10-12,17-20,28H,4-5,7-9,13-16H2,1-3H3/t17-,18+,19+,20?,25+/m1/s1. The summed E-state index contributed by atoms with van der Waals surface area (Å²) in [5, 5.41) is 9.04. The van der Waals surface area contributed by atoms with Crippen molar-refractivity contribution in [1.82, 2.24) is 9.80 Å². The maximum atomic E-state index is 14.0. The Morgan fingerprint density at radius 3 is 2.58 bits per heavy atom. The number of esters is 1. The molecule has 4 heterocycles. The minimum absolute atomic E-state index is 0.146. The molecule has 4 rings (SSSR count). The van der Waals surface area contributed by atoms with Crippen LogP contribution in [0.4, 0.5) is 0 Å². The molecule has 0 saturated carbocycles. The van der Waals surface area contributed by atoms with Gasteiger partial charge in [0, 0.05) is 25.2 Å². The SMILES string of the molecule is CC(C)(C)N1CC=C[C@]23O[C@@H]4C=CCCOC(=O)[C@@H]4[C@H]2C(=O)N(CCCCCCO)C3C1=O. The molecule has 4 aliphatic heterocycles. The number of nitrogens with zero attached hydrogens (tertiary/aromatic N) is 2. The predicted molar refractivity (Wildman–Crippen MR) is 121 cm³/mol. The maximum Gasteiger partial charge on any atom is 0.312 e. The van der Waals surface area contributed by atoms with E-state index >= 15 is 0 Å². The van der Waals surface area contributed by atoms with Crippen LogP contribution in [0.3, 0.4) is 0 Å². The van der Waals surface area contributed by atoms with Crippen molar-refractivity contribution in [2.75, 3.05) is 26.3 Å². The van der Waals surface area contributed by atoms with E-state index in [4.69, 9.17) is 14.6 Å². The summed E-state index contributed by atoms with van der Waals surface area (Å²) in [6.07, 6.45) is 10.7. The number of fused-ring (bicyclic) bond motifs is 2. The largest absolute Gasteiger partial charge is 0.465 e. The van der Waals surface area contributed by atoms with Gasteiger partial charge >= 0.3 is 5.97 Å². The van der Waals surface area contributed by atoms with Crippen LogP contribution in [-0.2, 0) is 23.9 Å². The van der Waals surface area contributed by atoms with E-state index in [9.17, 15) is 14.4 Å². The minimum Gasteiger partial charge on any atom is -0.465 e. The van der Waals surface area contributed by atoms with Gasteiger partial charge in [0.15, 0.2) is 0 Å². The second-order valence-electron chi connectivity index (χ2n) is 10.4. The Kier molecular flexibility index (Phi) is 6.69. The molecule has 2 amide bonds. The number of carbonyl (C=O) groups excluding carboxylic acids is 3. The van der Waals surface area contributed by atoms with Crippen LogP contribution in [0.2, 0.25) is 0 Å². The van der Waals surface area contributed by atoms with Crippen LogP contribution in [0.5, 0.6) is 0 Å². The molecule has 1 N–H and O–H groups in total. The normalized spacial score (nSPS) is 33.9. The fourth-order valence-corrected chi connectivity index (χ4v) is 5.70. The van der Waals surface area contributed by atoms with Crippen molar-refractivity contribution in [3.8, 4) is 0 Å². The number of cyclic esters (lactones) is 1. The molecule has 0 bridgehead atoms. The monoisotopic (exact) mass is 460 g/mol. The van der Waals surface area contributed by atoms with Crippen LogP contribution in [0.15, 0.2) is 24.3 Å². The van der Waals surface area contributed by atoms with Gasteiger partial charge in [0.1, 0.15) is 17.6 Å². The summed E-state index contributed by atoms with van der Waals surface area (Å²) < 4.78 is 12.0. The van der Waals surface area contributed by atoms with E-state index in [1.807, 2.05) is 45.1 Å². The van der Waals surface area contributed by atoms with E-state index in [0.717, 1.165) is 19.3 Å². The fourth-order valence-electron chi connectivity index (χ4n) is 5.70. The number of amides is 2. The Bertz CT molecular complexity index is 846. The molecule has 4 aliphatic rings. The first kappa shape index (κ1) is 24.0. The molecule has 33 heavy (non-hydrogen) atoms. The number of rotatable bonds is 6. The lowest BCUT2D eigenvalue weighted by atomic mass is 9.77. The second-order valence-corrected chi connectivity index (χ2v) is 10.4. The highest BCUT2D eigenvalue weighted by Crippen LogP contribution is 2.53. The number of aliphatic hydroxyl groups is 1. The Morgan fingerprint density at radius 1 is 1.09 bits per heavy atom. The highest BCUT2D eigenvalue weighted by molar-refractivity contribution is 5.99. The first-order valence-corrected chi connectivity index (χ1v) is 12.1. The van der Waals surface area contributed by atoms with Crippen LogP contribution in [-0.4, -0.2) is 82.3 Å². The number of carbonyl (C=O) groups is 3. The van der Waals surface area contributed by atoms with Gasteiger partial charge in [0.25, 0.3) is 0 Å². The Balaban J connectivity index is 1.73. The van der Waals surface area contributed by atoms with Crippen molar-refractivity contribution in [2.24, 2.45) is 11.8 Å². The Labute approximate surface area is 195 Å². The second kappa shape index (κ2) is 9.22. The molecule has 5 atom stereocenters. The van der Waals surface area contributed by atoms with Crippen molar-refractivity contribution in [2.45, 2.75) is 76.2 Å². The van der Waals surface area contributed by atoms with Gasteiger partial charge in [-0.1, -0.05) is 37.1 Å². The summed E-state index contributed by atoms with van der Waals surface area (Å²) in [7, 11) is 0. The van der Waals surface area contributed by atoms with Crippen molar-refractivity contribution < 1.29 is 29.0 Å². The molecule has 182 valence electrons. The van der Waals surface area contributed by atoms with Crippen LogP contribution in [0, 0.1) is 11.8 Å². The molecule has 0 aromatic heterocycles. The van der Waals surface area contributed by atoms with Gasteiger partial charge in [0.2, 0.25) is 11.8 Å². The zero-order chi connectivity index (χ0) is 23.8. The van der Waals surface area contributed by atoms with Crippen molar-refractivity contribution in [1.29, 1.82) is 0 Å². The highest BCUT2D eigenvalue weighted by Gasteiger charge is 2.71. The summed E-state index contributed by atoms with van der Waals surface area (Å²) >= 11 is 0. The van der Waals surface area contributed by atoms with Crippen molar-refractivity contribution >= 4 is 17.8 Å². The van der Waals surface area contributed by atoms with Crippen molar-refractivity contribution in [3.63, 3.8) is 0 Å². The lowest BCUT2D eigenvalue weighted by Crippen LogP contribution is -2.58. The smallest absolute Gasteiger partial charge is 0.312 e. The summed E-state index contributed by atoms with van der Waals surface area (Å²) in [5.74, 6) is -2.35. The third kappa shape index (κ3) is 4.12. The molecule has 8 nitrogen and oxygen atoms in total. The van der Waals surface area contributed by atoms with E-state index in [0.29, 0.717) is 25.9 Å². The van der Waals surface area contributed by atoms with Gasteiger partial charge in [-0.15, -0.1) is 0 Å². The first-order valence-electron chi connectivity index (χ1n) is 12.1.